The highest BCUT2D eigenvalue weighted by atomic mass is 16.3. The van der Waals surface area contributed by atoms with Gasteiger partial charge in [-0.2, -0.15) is 0 Å². The van der Waals surface area contributed by atoms with E-state index in [1.54, 1.807) is 0 Å². The van der Waals surface area contributed by atoms with Crippen molar-refractivity contribution in [1.82, 2.24) is 0 Å². The Morgan fingerprint density at radius 3 is 1.23 bits per heavy atom. The topological polar surface area (TPSA) is 13.1 Å². The van der Waals surface area contributed by atoms with Crippen molar-refractivity contribution >= 4 is 161 Å². The molecule has 0 aliphatic rings. The molecule has 0 bridgehead atoms. The van der Waals surface area contributed by atoms with Gasteiger partial charge in [0.2, 0.25) is 0 Å². The molecule has 16 radical (unpaired) electrons. The molecule has 57 heavy (non-hydrogen) atoms. The second-order valence-corrected chi connectivity index (χ2v) is 14.5. The largest absolute Gasteiger partial charge is 0.455 e. The predicted octanol–water partition coefficient (Wildman–Crippen LogP) is 4.06. The molecule has 0 saturated heterocycles. The normalized spacial score (nSPS) is 11.7. The second-order valence-electron chi connectivity index (χ2n) is 14.5. The van der Waals surface area contributed by atoms with Gasteiger partial charge in [-0.15, -0.1) is 21.9 Å². The van der Waals surface area contributed by atoms with Crippen molar-refractivity contribution in [2.24, 2.45) is 0 Å². The quantitative estimate of drug-likeness (QED) is 0.200. The molecular weight excluding hydrogens is 679 g/mol. The van der Waals surface area contributed by atoms with Gasteiger partial charge in [-0.05, 0) is 77.3 Å². The lowest BCUT2D eigenvalue weighted by atomic mass is 9.59. The Balaban J connectivity index is 1.25. The van der Waals surface area contributed by atoms with Crippen molar-refractivity contribution in [1.29, 1.82) is 0 Å². The van der Waals surface area contributed by atoms with Crippen LogP contribution in [0.1, 0.15) is 0 Å². The van der Waals surface area contributed by atoms with E-state index in [1.807, 2.05) is 72.8 Å². The first-order chi connectivity index (χ1) is 27.6. The fourth-order valence-corrected chi connectivity index (χ4v) is 8.61. The number of hydrogen-bond donors (Lipinski definition) is 0. The third kappa shape index (κ3) is 5.28. The molecule has 244 valence electrons. The van der Waals surface area contributed by atoms with Gasteiger partial charge in [0.05, 0.1) is 0 Å². The molecule has 0 unspecified atom stereocenters. The zero-order valence-corrected chi connectivity index (χ0v) is 30.7. The molecule has 0 atom stereocenters. The molecule has 0 aliphatic carbocycles. The fourth-order valence-electron chi connectivity index (χ4n) is 8.61. The van der Waals surface area contributed by atoms with E-state index in [9.17, 15) is 0 Å². The van der Waals surface area contributed by atoms with Crippen molar-refractivity contribution in [3.05, 3.63) is 133 Å². The number of benzene rings is 9. The van der Waals surface area contributed by atoms with Crippen molar-refractivity contribution < 1.29 is 4.42 Å². The minimum atomic E-state index is 0.168. The fraction of sp³-hybridized carbons (Fsp3) is 0. The Morgan fingerprint density at radius 1 is 0.298 bits per heavy atom. The first-order valence-electron chi connectivity index (χ1n) is 18.5. The standard InChI is InChI=1S/C48H22B8O/c49-40-36-34(26-19-15-24(16-20-26)29-11-5-8-23-7-1-2-9-28(23)29)37-39(43(52)47(56)45(54)41(37)50)35(38(36)42(51)46(55)44(40)53)27-21-17-25(18-22-27)30-12-6-13-32-31-10-3-4-14-33(31)57-48(30)32/h1-22H. The van der Waals surface area contributed by atoms with E-state index in [1.165, 1.54) is 0 Å². The number of furan rings is 1. The molecule has 0 fully saturated rings. The summed E-state index contributed by atoms with van der Waals surface area (Å²) in [6.45, 7) is 0. The monoisotopic (exact) mass is 702 g/mol. The molecule has 0 N–H and O–H groups in total. The maximum absolute atomic E-state index is 6.99. The molecule has 0 aliphatic heterocycles. The molecule has 0 spiro atoms. The summed E-state index contributed by atoms with van der Waals surface area (Å²) < 4.78 is 6.37. The average molecular weight is 701 g/mol. The lowest BCUT2D eigenvalue weighted by Crippen LogP contribution is -2.50. The van der Waals surface area contributed by atoms with E-state index >= 15 is 0 Å². The van der Waals surface area contributed by atoms with Crippen LogP contribution in [0.3, 0.4) is 0 Å². The van der Waals surface area contributed by atoms with Crippen LogP contribution < -0.4 is 43.7 Å². The summed E-state index contributed by atoms with van der Waals surface area (Å²) in [5.41, 5.74) is 10.3. The molecule has 1 nitrogen and oxygen atoms in total. The van der Waals surface area contributed by atoms with Crippen LogP contribution >= 0.6 is 0 Å². The van der Waals surface area contributed by atoms with Gasteiger partial charge in [-0.25, -0.2) is 0 Å². The van der Waals surface area contributed by atoms with Crippen LogP contribution in [0.5, 0.6) is 0 Å². The van der Waals surface area contributed by atoms with E-state index in [4.69, 9.17) is 67.2 Å². The first kappa shape index (κ1) is 35.5. The summed E-state index contributed by atoms with van der Waals surface area (Å²) in [7, 11) is 54.5. The minimum Gasteiger partial charge on any atom is -0.455 e. The summed E-state index contributed by atoms with van der Waals surface area (Å²) in [4.78, 5) is 0. The van der Waals surface area contributed by atoms with Crippen molar-refractivity contribution in [2.75, 3.05) is 0 Å². The van der Waals surface area contributed by atoms with Gasteiger partial charge in [0.25, 0.3) is 0 Å². The predicted molar refractivity (Wildman–Crippen MR) is 251 cm³/mol. The van der Waals surface area contributed by atoms with Gasteiger partial charge in [0.15, 0.2) is 0 Å². The highest BCUT2D eigenvalue weighted by molar-refractivity contribution is 6.71. The Labute approximate surface area is 341 Å². The summed E-state index contributed by atoms with van der Waals surface area (Å²) in [6.07, 6.45) is 0. The third-order valence-electron chi connectivity index (χ3n) is 11.5. The van der Waals surface area contributed by atoms with Crippen molar-refractivity contribution in [2.45, 2.75) is 0 Å². The minimum absolute atomic E-state index is 0.168. The third-order valence-corrected chi connectivity index (χ3v) is 11.5. The van der Waals surface area contributed by atoms with E-state index in [0.717, 1.165) is 66.1 Å². The summed E-state index contributed by atoms with van der Waals surface area (Å²) in [5, 5.41) is 6.69. The molecule has 9 aromatic carbocycles. The van der Waals surface area contributed by atoms with Crippen LogP contribution in [0.15, 0.2) is 138 Å². The van der Waals surface area contributed by atoms with E-state index < -0.39 is 0 Å². The summed E-state index contributed by atoms with van der Waals surface area (Å²) >= 11 is 0. The number of para-hydroxylation sites is 2. The number of rotatable bonds is 4. The molecule has 1 heterocycles. The Hall–Kier alpha value is -5.92. The molecule has 10 aromatic rings. The first-order valence-corrected chi connectivity index (χ1v) is 18.5. The molecule has 0 amide bonds. The lowest BCUT2D eigenvalue weighted by molar-refractivity contribution is 0.670. The average Bonchev–Trinajstić information content (AvgIpc) is 3.64. The maximum atomic E-state index is 6.99. The van der Waals surface area contributed by atoms with Crippen LogP contribution in [-0.2, 0) is 0 Å². The zero-order valence-electron chi connectivity index (χ0n) is 30.7. The van der Waals surface area contributed by atoms with Crippen molar-refractivity contribution in [3.63, 3.8) is 0 Å². The number of hydrogen-bond acceptors (Lipinski definition) is 1. The molecule has 9 heteroatoms. The van der Waals surface area contributed by atoms with Gasteiger partial charge in [0, 0.05) is 16.3 Å². The molecular formula is C48H22B8O. The van der Waals surface area contributed by atoms with E-state index in [0.29, 0.717) is 32.7 Å². The van der Waals surface area contributed by atoms with Crippen molar-refractivity contribution in [3.8, 4) is 44.5 Å². The van der Waals surface area contributed by atoms with Crippen LogP contribution in [0.2, 0.25) is 0 Å². The molecule has 10 rings (SSSR count). The maximum Gasteiger partial charge on any atom is 0.143 e. The summed E-state index contributed by atoms with van der Waals surface area (Å²) in [5.74, 6) is 0. The Bertz CT molecular complexity index is 3230. The highest BCUT2D eigenvalue weighted by Crippen LogP contribution is 2.42. The Kier molecular flexibility index (Phi) is 8.31. The van der Waals surface area contributed by atoms with Crippen LogP contribution in [0.4, 0.5) is 0 Å². The van der Waals surface area contributed by atoms with Gasteiger partial charge in [-0.1, -0.05) is 149 Å². The van der Waals surface area contributed by atoms with Crippen LogP contribution in [0.25, 0.3) is 98.8 Å². The number of fused-ring (bicyclic) bond motifs is 6. The second kappa shape index (κ2) is 13.3. The van der Waals surface area contributed by atoms with Gasteiger partial charge in [0.1, 0.15) is 73.9 Å². The summed E-state index contributed by atoms with van der Waals surface area (Å²) in [6, 6.07) is 45.1. The lowest BCUT2D eigenvalue weighted by Gasteiger charge is -2.28. The van der Waals surface area contributed by atoms with Gasteiger partial charge < -0.3 is 4.42 Å². The smallest absolute Gasteiger partial charge is 0.143 e. The van der Waals surface area contributed by atoms with Crippen LogP contribution in [-0.4, -0.2) is 62.8 Å². The van der Waals surface area contributed by atoms with Crippen LogP contribution in [0, 0.1) is 0 Å². The van der Waals surface area contributed by atoms with E-state index in [-0.39, 0.29) is 43.7 Å². The van der Waals surface area contributed by atoms with E-state index in [2.05, 4.69) is 60.7 Å². The van der Waals surface area contributed by atoms with Gasteiger partial charge in [-0.3, -0.25) is 0 Å². The highest BCUT2D eigenvalue weighted by Gasteiger charge is 2.25. The SMILES string of the molecule is [B]c1c([B])c([B])c2c(-c3ccc(-c4cccc5c4oc4ccccc45)cc3)c3c([B])c([B])c([B])c([B])c3c(-c3ccc(-c4cccc5ccccc45)cc3)c2c1[B]. The zero-order chi connectivity index (χ0) is 39.3. The van der Waals surface area contributed by atoms with Gasteiger partial charge >= 0.3 is 0 Å². The molecule has 0 saturated carbocycles. The molecule has 1 aromatic heterocycles. The Morgan fingerprint density at radius 2 is 0.684 bits per heavy atom.